The van der Waals surface area contributed by atoms with Crippen LogP contribution >= 0.6 is 0 Å². The van der Waals surface area contributed by atoms with Crippen LogP contribution in [0.25, 0.3) is 0 Å². The number of amides is 1. The molecule has 1 aromatic carbocycles. The largest absolute Gasteiger partial charge is 0.385 e. The van der Waals surface area contributed by atoms with E-state index in [1.54, 1.807) is 0 Å². The van der Waals surface area contributed by atoms with E-state index >= 15 is 0 Å². The third-order valence-electron chi connectivity index (χ3n) is 4.54. The molecular weight excluding hydrogens is 260 g/mol. The molecule has 1 saturated carbocycles. The van der Waals surface area contributed by atoms with Crippen LogP contribution in [0.1, 0.15) is 63.2 Å². The lowest BCUT2D eigenvalue weighted by Gasteiger charge is -2.39. The molecule has 1 unspecified atom stereocenters. The average molecular weight is 288 g/mol. The van der Waals surface area contributed by atoms with Gasteiger partial charge in [0.05, 0.1) is 0 Å². The molecule has 21 heavy (non-hydrogen) atoms. The van der Waals surface area contributed by atoms with Crippen LogP contribution in [0.4, 0.5) is 5.69 Å². The SMILES string of the molecule is CCCNc1ccc(C(=O)NC2CCCCC2(C)C)cc1. The summed E-state index contributed by atoms with van der Waals surface area (Å²) in [4.78, 5) is 12.4. The Morgan fingerprint density at radius 3 is 2.57 bits per heavy atom. The molecule has 1 amide bonds. The van der Waals surface area contributed by atoms with E-state index in [-0.39, 0.29) is 17.4 Å². The molecule has 2 rings (SSSR count). The van der Waals surface area contributed by atoms with Crippen LogP contribution in [-0.2, 0) is 0 Å². The van der Waals surface area contributed by atoms with Crippen molar-refractivity contribution in [1.29, 1.82) is 0 Å². The summed E-state index contributed by atoms with van der Waals surface area (Å²) >= 11 is 0. The third-order valence-corrected chi connectivity index (χ3v) is 4.54. The predicted molar refractivity (Wildman–Crippen MR) is 88.7 cm³/mol. The first kappa shape index (κ1) is 15.9. The van der Waals surface area contributed by atoms with Gasteiger partial charge in [0.1, 0.15) is 0 Å². The second-order valence-electron chi connectivity index (χ2n) is 6.76. The Morgan fingerprint density at radius 2 is 1.95 bits per heavy atom. The van der Waals surface area contributed by atoms with Crippen LogP contribution in [-0.4, -0.2) is 18.5 Å². The zero-order valence-electron chi connectivity index (χ0n) is 13.5. The van der Waals surface area contributed by atoms with E-state index in [0.717, 1.165) is 30.6 Å². The van der Waals surface area contributed by atoms with Crippen molar-refractivity contribution in [3.8, 4) is 0 Å². The topological polar surface area (TPSA) is 41.1 Å². The standard InChI is InChI=1S/C18H28N2O/c1-4-13-19-15-10-8-14(9-11-15)17(21)20-16-7-5-6-12-18(16,2)3/h8-11,16,19H,4-7,12-13H2,1-3H3,(H,20,21). The van der Waals surface area contributed by atoms with Gasteiger partial charge in [0.15, 0.2) is 0 Å². The Balaban J connectivity index is 1.96. The first-order valence-electron chi connectivity index (χ1n) is 8.18. The molecular formula is C18H28N2O. The van der Waals surface area contributed by atoms with Gasteiger partial charge in [0, 0.05) is 23.8 Å². The average Bonchev–Trinajstić information content (AvgIpc) is 2.47. The summed E-state index contributed by atoms with van der Waals surface area (Å²) in [6.07, 6.45) is 5.87. The van der Waals surface area contributed by atoms with Crippen molar-refractivity contribution in [2.24, 2.45) is 5.41 Å². The number of benzene rings is 1. The minimum absolute atomic E-state index is 0.0528. The Morgan fingerprint density at radius 1 is 1.24 bits per heavy atom. The van der Waals surface area contributed by atoms with Crippen molar-refractivity contribution >= 4 is 11.6 Å². The van der Waals surface area contributed by atoms with Gasteiger partial charge >= 0.3 is 0 Å². The molecule has 2 N–H and O–H groups in total. The molecule has 0 aromatic heterocycles. The molecule has 1 fully saturated rings. The Kier molecular flexibility index (Phi) is 5.27. The zero-order chi connectivity index (χ0) is 15.3. The van der Waals surface area contributed by atoms with Crippen molar-refractivity contribution in [2.75, 3.05) is 11.9 Å². The highest BCUT2D eigenvalue weighted by molar-refractivity contribution is 5.94. The minimum Gasteiger partial charge on any atom is -0.385 e. The van der Waals surface area contributed by atoms with Gasteiger partial charge in [-0.3, -0.25) is 4.79 Å². The maximum absolute atomic E-state index is 12.4. The molecule has 1 aliphatic carbocycles. The van der Waals surface area contributed by atoms with Crippen LogP contribution in [0.3, 0.4) is 0 Å². The van der Waals surface area contributed by atoms with E-state index in [1.807, 2.05) is 24.3 Å². The molecule has 1 atom stereocenters. The van der Waals surface area contributed by atoms with Crippen LogP contribution in [0.15, 0.2) is 24.3 Å². The molecule has 3 nitrogen and oxygen atoms in total. The lowest BCUT2D eigenvalue weighted by Crippen LogP contribution is -2.46. The molecule has 1 aromatic rings. The normalized spacial score (nSPS) is 20.8. The van der Waals surface area contributed by atoms with Crippen LogP contribution in [0, 0.1) is 5.41 Å². The van der Waals surface area contributed by atoms with Gasteiger partial charge < -0.3 is 10.6 Å². The summed E-state index contributed by atoms with van der Waals surface area (Å²) in [6, 6.07) is 8.07. The van der Waals surface area contributed by atoms with Crippen molar-refractivity contribution in [3.63, 3.8) is 0 Å². The molecule has 0 aliphatic heterocycles. The summed E-state index contributed by atoms with van der Waals surface area (Å²) in [5.41, 5.74) is 2.03. The highest BCUT2D eigenvalue weighted by atomic mass is 16.1. The van der Waals surface area contributed by atoms with E-state index < -0.39 is 0 Å². The Hall–Kier alpha value is -1.51. The van der Waals surface area contributed by atoms with Crippen molar-refractivity contribution in [2.45, 2.75) is 58.9 Å². The highest BCUT2D eigenvalue weighted by Crippen LogP contribution is 2.35. The smallest absolute Gasteiger partial charge is 0.251 e. The zero-order valence-corrected chi connectivity index (χ0v) is 13.5. The highest BCUT2D eigenvalue weighted by Gasteiger charge is 2.33. The Labute approximate surface area is 128 Å². The number of carbonyl (C=O) groups is 1. The number of carbonyl (C=O) groups excluding carboxylic acids is 1. The summed E-state index contributed by atoms with van der Waals surface area (Å²) in [7, 11) is 0. The van der Waals surface area contributed by atoms with Crippen molar-refractivity contribution in [1.82, 2.24) is 5.32 Å². The first-order valence-corrected chi connectivity index (χ1v) is 8.18. The molecule has 0 radical (unpaired) electrons. The second-order valence-corrected chi connectivity index (χ2v) is 6.76. The monoisotopic (exact) mass is 288 g/mol. The van der Waals surface area contributed by atoms with Gasteiger partial charge in [-0.2, -0.15) is 0 Å². The van der Waals surface area contributed by atoms with Gasteiger partial charge in [0.2, 0.25) is 0 Å². The van der Waals surface area contributed by atoms with Gasteiger partial charge in [-0.1, -0.05) is 33.6 Å². The summed E-state index contributed by atoms with van der Waals surface area (Å²) in [5.74, 6) is 0.0528. The fraction of sp³-hybridized carbons (Fsp3) is 0.611. The number of nitrogens with one attached hydrogen (secondary N) is 2. The molecule has 116 valence electrons. The molecule has 0 heterocycles. The van der Waals surface area contributed by atoms with Crippen LogP contribution in [0.5, 0.6) is 0 Å². The number of anilines is 1. The summed E-state index contributed by atoms with van der Waals surface area (Å²) in [5, 5.41) is 6.55. The van der Waals surface area contributed by atoms with Gasteiger partial charge in [0.25, 0.3) is 5.91 Å². The number of hydrogen-bond donors (Lipinski definition) is 2. The summed E-state index contributed by atoms with van der Waals surface area (Å²) < 4.78 is 0. The van der Waals surface area contributed by atoms with E-state index in [0.29, 0.717) is 0 Å². The van der Waals surface area contributed by atoms with Crippen LogP contribution in [0.2, 0.25) is 0 Å². The van der Waals surface area contributed by atoms with Gasteiger partial charge in [-0.25, -0.2) is 0 Å². The fourth-order valence-electron chi connectivity index (χ4n) is 3.01. The van der Waals surface area contributed by atoms with Crippen LogP contribution < -0.4 is 10.6 Å². The van der Waals surface area contributed by atoms with Gasteiger partial charge in [-0.15, -0.1) is 0 Å². The quantitative estimate of drug-likeness (QED) is 0.852. The summed E-state index contributed by atoms with van der Waals surface area (Å²) in [6.45, 7) is 7.62. The van der Waals surface area contributed by atoms with E-state index in [9.17, 15) is 4.79 Å². The van der Waals surface area contributed by atoms with Gasteiger partial charge in [-0.05, 0) is 48.9 Å². The minimum atomic E-state index is 0.0528. The van der Waals surface area contributed by atoms with E-state index in [1.165, 1.54) is 19.3 Å². The number of hydrogen-bond acceptors (Lipinski definition) is 2. The maximum atomic E-state index is 12.4. The fourth-order valence-corrected chi connectivity index (χ4v) is 3.01. The molecule has 0 spiro atoms. The van der Waals surface area contributed by atoms with Crippen molar-refractivity contribution in [3.05, 3.63) is 29.8 Å². The lowest BCUT2D eigenvalue weighted by molar-refractivity contribution is 0.0853. The molecule has 0 bridgehead atoms. The molecule has 1 aliphatic rings. The van der Waals surface area contributed by atoms with E-state index in [4.69, 9.17) is 0 Å². The van der Waals surface area contributed by atoms with Crippen molar-refractivity contribution < 1.29 is 4.79 Å². The molecule has 0 saturated heterocycles. The maximum Gasteiger partial charge on any atom is 0.251 e. The number of rotatable bonds is 5. The Bertz CT molecular complexity index is 465. The second kappa shape index (κ2) is 6.97. The predicted octanol–water partition coefficient (Wildman–Crippen LogP) is 4.21. The lowest BCUT2D eigenvalue weighted by atomic mass is 9.73. The molecule has 3 heteroatoms. The first-order chi connectivity index (χ1) is 10.0. The third kappa shape index (κ3) is 4.23. The van der Waals surface area contributed by atoms with E-state index in [2.05, 4.69) is 31.4 Å².